The van der Waals surface area contributed by atoms with Gasteiger partial charge in [-0.1, -0.05) is 13.8 Å². The van der Waals surface area contributed by atoms with E-state index in [4.69, 9.17) is 10.5 Å². The number of nitrogen functional groups attached to an aromatic ring is 1. The molecule has 0 radical (unpaired) electrons. The second-order valence-electron chi connectivity index (χ2n) is 4.56. The lowest BCUT2D eigenvalue weighted by Crippen LogP contribution is -2.41. The van der Waals surface area contributed by atoms with Crippen LogP contribution in [-0.2, 0) is 10.0 Å². The average molecular weight is 288 g/mol. The number of aliphatic hydroxyl groups is 1. The van der Waals surface area contributed by atoms with E-state index in [-0.39, 0.29) is 17.4 Å². The van der Waals surface area contributed by atoms with Crippen LogP contribution in [0.1, 0.15) is 13.8 Å². The Bertz CT molecular complexity index is 529. The van der Waals surface area contributed by atoms with Crippen molar-refractivity contribution in [3.05, 3.63) is 18.2 Å². The molecule has 0 aliphatic rings. The Morgan fingerprint density at radius 3 is 2.53 bits per heavy atom. The van der Waals surface area contributed by atoms with Gasteiger partial charge in [0.25, 0.3) is 0 Å². The van der Waals surface area contributed by atoms with Gasteiger partial charge in [0, 0.05) is 12.1 Å². The number of aliphatic hydroxyl groups excluding tert-OH is 1. The number of methoxy groups -OCH3 is 1. The summed E-state index contributed by atoms with van der Waals surface area (Å²) in [4.78, 5) is 0.0534. The van der Waals surface area contributed by atoms with Crippen LogP contribution in [0.15, 0.2) is 23.1 Å². The summed E-state index contributed by atoms with van der Waals surface area (Å²) in [6, 6.07) is 3.69. The first kappa shape index (κ1) is 15.7. The third-order valence-corrected chi connectivity index (χ3v) is 4.31. The second kappa shape index (κ2) is 6.23. The van der Waals surface area contributed by atoms with Crippen molar-refractivity contribution >= 4 is 15.7 Å². The Morgan fingerprint density at radius 2 is 2.05 bits per heavy atom. The molecule has 0 aliphatic carbocycles. The van der Waals surface area contributed by atoms with Crippen LogP contribution < -0.4 is 15.2 Å². The smallest absolute Gasteiger partial charge is 0.241 e. The summed E-state index contributed by atoms with van der Waals surface area (Å²) >= 11 is 0. The Kier molecular flexibility index (Phi) is 5.16. The Balaban J connectivity index is 3.06. The molecule has 1 aromatic carbocycles. The molecule has 0 bridgehead atoms. The van der Waals surface area contributed by atoms with Crippen LogP contribution in [0.5, 0.6) is 5.75 Å². The highest BCUT2D eigenvalue weighted by Gasteiger charge is 2.22. The lowest BCUT2D eigenvalue weighted by molar-refractivity contribution is 0.227. The zero-order chi connectivity index (χ0) is 14.6. The molecule has 7 heteroatoms. The minimum Gasteiger partial charge on any atom is -0.495 e. The summed E-state index contributed by atoms with van der Waals surface area (Å²) < 4.78 is 31.8. The van der Waals surface area contributed by atoms with Crippen LogP contribution in [-0.4, -0.2) is 33.3 Å². The third-order valence-electron chi connectivity index (χ3n) is 2.82. The Morgan fingerprint density at radius 1 is 1.42 bits per heavy atom. The molecule has 1 rings (SSSR count). The predicted molar refractivity (Wildman–Crippen MR) is 73.4 cm³/mol. The fraction of sp³-hybridized carbons (Fsp3) is 0.500. The summed E-state index contributed by atoms with van der Waals surface area (Å²) in [5, 5.41) is 9.18. The fourth-order valence-electron chi connectivity index (χ4n) is 1.51. The van der Waals surface area contributed by atoms with E-state index < -0.39 is 16.1 Å². The lowest BCUT2D eigenvalue weighted by Gasteiger charge is -2.20. The highest BCUT2D eigenvalue weighted by Crippen LogP contribution is 2.24. The third kappa shape index (κ3) is 3.82. The SMILES string of the molecule is COc1cc(S(=O)(=O)N[C@H](CO)C(C)C)ccc1N. The van der Waals surface area contributed by atoms with E-state index in [1.807, 2.05) is 13.8 Å². The van der Waals surface area contributed by atoms with Crippen molar-refractivity contribution in [2.75, 3.05) is 19.5 Å². The van der Waals surface area contributed by atoms with Crippen LogP contribution in [0.3, 0.4) is 0 Å². The minimum atomic E-state index is -3.71. The van der Waals surface area contributed by atoms with Gasteiger partial charge in [-0.15, -0.1) is 0 Å². The van der Waals surface area contributed by atoms with E-state index in [9.17, 15) is 13.5 Å². The largest absolute Gasteiger partial charge is 0.495 e. The number of hydrogen-bond donors (Lipinski definition) is 3. The van der Waals surface area contributed by atoms with Crippen LogP contribution in [0.2, 0.25) is 0 Å². The first-order chi connectivity index (χ1) is 8.81. The number of nitrogens with two attached hydrogens (primary N) is 1. The number of ether oxygens (including phenoxy) is 1. The van der Waals surface area contributed by atoms with Crippen molar-refractivity contribution in [2.24, 2.45) is 5.92 Å². The van der Waals surface area contributed by atoms with Crippen molar-refractivity contribution in [2.45, 2.75) is 24.8 Å². The first-order valence-corrected chi connectivity index (χ1v) is 7.37. The maximum atomic E-state index is 12.2. The van der Waals surface area contributed by atoms with Crippen molar-refractivity contribution < 1.29 is 18.3 Å². The molecule has 6 nitrogen and oxygen atoms in total. The zero-order valence-electron chi connectivity index (χ0n) is 11.3. The Labute approximate surface area is 113 Å². The molecular weight excluding hydrogens is 268 g/mol. The van der Waals surface area contributed by atoms with E-state index >= 15 is 0 Å². The summed E-state index contributed by atoms with van der Waals surface area (Å²) in [5.41, 5.74) is 6.00. The number of nitrogens with one attached hydrogen (secondary N) is 1. The van der Waals surface area contributed by atoms with Gasteiger partial charge in [0.2, 0.25) is 10.0 Å². The van der Waals surface area contributed by atoms with Crippen LogP contribution >= 0.6 is 0 Å². The molecule has 0 saturated heterocycles. The number of hydrogen-bond acceptors (Lipinski definition) is 5. The summed E-state index contributed by atoms with van der Waals surface area (Å²) in [6.07, 6.45) is 0. The Hall–Kier alpha value is -1.31. The molecule has 0 unspecified atom stereocenters. The van der Waals surface area contributed by atoms with Crippen LogP contribution in [0, 0.1) is 5.92 Å². The zero-order valence-corrected chi connectivity index (χ0v) is 12.1. The van der Waals surface area contributed by atoms with Gasteiger partial charge in [0.1, 0.15) is 5.75 Å². The monoisotopic (exact) mass is 288 g/mol. The molecule has 1 atom stereocenters. The van der Waals surface area contributed by atoms with Crippen LogP contribution in [0.4, 0.5) is 5.69 Å². The quantitative estimate of drug-likeness (QED) is 0.664. The number of rotatable bonds is 6. The molecule has 0 fully saturated rings. The maximum Gasteiger partial charge on any atom is 0.241 e. The maximum absolute atomic E-state index is 12.2. The molecule has 0 aromatic heterocycles. The number of sulfonamides is 1. The molecule has 0 heterocycles. The molecule has 0 aliphatic heterocycles. The lowest BCUT2D eigenvalue weighted by atomic mass is 10.1. The molecule has 108 valence electrons. The standard InChI is InChI=1S/C12H20N2O4S/c1-8(2)11(7-15)14-19(16,17)9-4-5-10(13)12(6-9)18-3/h4-6,8,11,14-15H,7,13H2,1-3H3/t11-/m1/s1. The summed E-state index contributed by atoms with van der Waals surface area (Å²) in [6.45, 7) is 3.39. The number of benzene rings is 1. The molecular formula is C12H20N2O4S. The van der Waals surface area contributed by atoms with Crippen molar-refractivity contribution in [3.8, 4) is 5.75 Å². The molecule has 0 spiro atoms. The van der Waals surface area contributed by atoms with Crippen LogP contribution in [0.25, 0.3) is 0 Å². The normalized spacial score (nSPS) is 13.5. The van der Waals surface area contributed by atoms with E-state index in [2.05, 4.69) is 4.72 Å². The second-order valence-corrected chi connectivity index (χ2v) is 6.27. The number of anilines is 1. The van der Waals surface area contributed by atoms with E-state index in [1.165, 1.54) is 25.3 Å². The van der Waals surface area contributed by atoms with Gasteiger partial charge in [-0.3, -0.25) is 0 Å². The summed E-state index contributed by atoms with van der Waals surface area (Å²) in [5.74, 6) is 0.281. The van der Waals surface area contributed by atoms with Crippen molar-refractivity contribution in [1.29, 1.82) is 0 Å². The molecule has 19 heavy (non-hydrogen) atoms. The topological polar surface area (TPSA) is 102 Å². The minimum absolute atomic E-state index is 0.0181. The molecule has 0 saturated carbocycles. The van der Waals surface area contributed by atoms with Gasteiger partial charge in [0.05, 0.1) is 24.3 Å². The molecule has 1 aromatic rings. The van der Waals surface area contributed by atoms with E-state index in [0.29, 0.717) is 11.4 Å². The van der Waals surface area contributed by atoms with E-state index in [1.54, 1.807) is 0 Å². The van der Waals surface area contributed by atoms with Crippen molar-refractivity contribution in [3.63, 3.8) is 0 Å². The van der Waals surface area contributed by atoms with E-state index in [0.717, 1.165) is 0 Å². The fourth-order valence-corrected chi connectivity index (χ4v) is 2.90. The average Bonchev–Trinajstić information content (AvgIpc) is 2.36. The van der Waals surface area contributed by atoms with Gasteiger partial charge < -0.3 is 15.6 Å². The highest BCUT2D eigenvalue weighted by molar-refractivity contribution is 7.89. The van der Waals surface area contributed by atoms with Gasteiger partial charge in [-0.25, -0.2) is 13.1 Å². The van der Waals surface area contributed by atoms with Gasteiger partial charge >= 0.3 is 0 Å². The predicted octanol–water partition coefficient (Wildman–Crippen LogP) is 0.573. The van der Waals surface area contributed by atoms with Gasteiger partial charge in [-0.05, 0) is 18.1 Å². The van der Waals surface area contributed by atoms with Gasteiger partial charge in [-0.2, -0.15) is 0 Å². The summed E-state index contributed by atoms with van der Waals surface area (Å²) in [7, 11) is -2.29. The molecule has 4 N–H and O–H groups in total. The van der Waals surface area contributed by atoms with Gasteiger partial charge in [0.15, 0.2) is 0 Å². The van der Waals surface area contributed by atoms with Crippen molar-refractivity contribution in [1.82, 2.24) is 4.72 Å². The molecule has 0 amide bonds. The first-order valence-electron chi connectivity index (χ1n) is 5.88. The highest BCUT2D eigenvalue weighted by atomic mass is 32.2.